The first-order chi connectivity index (χ1) is 8.56. The van der Waals surface area contributed by atoms with E-state index in [9.17, 15) is 9.18 Å². The highest BCUT2D eigenvalue weighted by atomic mass is 19.1. The number of aromatic nitrogens is 2. The lowest BCUT2D eigenvalue weighted by Crippen LogP contribution is -2.15. The fourth-order valence-corrected chi connectivity index (χ4v) is 1.57. The molecule has 0 aliphatic rings. The molecule has 0 aliphatic heterocycles. The van der Waals surface area contributed by atoms with E-state index >= 15 is 0 Å². The highest BCUT2D eigenvalue weighted by Gasteiger charge is 2.11. The summed E-state index contributed by atoms with van der Waals surface area (Å²) in [7, 11) is 0. The van der Waals surface area contributed by atoms with Crippen LogP contribution in [0.4, 0.5) is 10.1 Å². The Morgan fingerprint density at radius 3 is 2.78 bits per heavy atom. The number of nitrogens with one attached hydrogen (secondary N) is 1. The van der Waals surface area contributed by atoms with Crippen LogP contribution < -0.4 is 5.32 Å². The molecule has 92 valence electrons. The largest absolute Gasteiger partial charge is 0.322 e. The van der Waals surface area contributed by atoms with E-state index in [1.165, 1.54) is 24.4 Å². The molecule has 1 N–H and O–H groups in total. The number of hydrogen-bond donors (Lipinski definition) is 1. The van der Waals surface area contributed by atoms with Gasteiger partial charge in [-0.3, -0.25) is 4.79 Å². The van der Waals surface area contributed by atoms with Gasteiger partial charge in [0, 0.05) is 11.9 Å². The maximum absolute atomic E-state index is 13.0. The molecular formula is C13H12FN3O. The Morgan fingerprint density at radius 2 is 2.11 bits per heavy atom. The Labute approximate surface area is 104 Å². The van der Waals surface area contributed by atoms with Crippen molar-refractivity contribution in [1.29, 1.82) is 0 Å². The molecule has 0 atom stereocenters. The van der Waals surface area contributed by atoms with Crippen LogP contribution in [0.15, 0.2) is 30.5 Å². The zero-order chi connectivity index (χ0) is 13.1. The topological polar surface area (TPSA) is 54.9 Å². The van der Waals surface area contributed by atoms with Crippen molar-refractivity contribution in [1.82, 2.24) is 9.97 Å². The SMILES string of the molecule is Cc1ncc(C(=O)Nc2cccc(F)c2)c(C)n1. The fourth-order valence-electron chi connectivity index (χ4n) is 1.57. The highest BCUT2D eigenvalue weighted by Crippen LogP contribution is 2.12. The molecular weight excluding hydrogens is 233 g/mol. The third-order valence-electron chi connectivity index (χ3n) is 2.43. The quantitative estimate of drug-likeness (QED) is 0.884. The monoisotopic (exact) mass is 245 g/mol. The van der Waals surface area contributed by atoms with Gasteiger partial charge in [-0.1, -0.05) is 6.07 Å². The lowest BCUT2D eigenvalue weighted by atomic mass is 10.2. The van der Waals surface area contributed by atoms with Gasteiger partial charge in [-0.05, 0) is 32.0 Å². The average Bonchev–Trinajstić information content (AvgIpc) is 2.28. The van der Waals surface area contributed by atoms with Crippen LogP contribution >= 0.6 is 0 Å². The predicted octanol–water partition coefficient (Wildman–Crippen LogP) is 2.48. The molecule has 0 saturated heterocycles. The van der Waals surface area contributed by atoms with E-state index in [-0.39, 0.29) is 5.91 Å². The molecule has 2 rings (SSSR count). The van der Waals surface area contributed by atoms with Gasteiger partial charge in [0.15, 0.2) is 0 Å². The van der Waals surface area contributed by atoms with Crippen molar-refractivity contribution < 1.29 is 9.18 Å². The second-order valence-corrected chi connectivity index (χ2v) is 3.88. The van der Waals surface area contributed by atoms with Gasteiger partial charge in [0.05, 0.1) is 11.3 Å². The number of rotatable bonds is 2. The van der Waals surface area contributed by atoms with Crippen molar-refractivity contribution >= 4 is 11.6 Å². The lowest BCUT2D eigenvalue weighted by molar-refractivity contribution is 0.102. The molecule has 1 heterocycles. The minimum atomic E-state index is -0.398. The van der Waals surface area contributed by atoms with Crippen LogP contribution in [-0.4, -0.2) is 15.9 Å². The Balaban J connectivity index is 2.22. The highest BCUT2D eigenvalue weighted by molar-refractivity contribution is 6.04. The number of amides is 1. The summed E-state index contributed by atoms with van der Waals surface area (Å²) in [6.07, 6.45) is 1.46. The van der Waals surface area contributed by atoms with Gasteiger partial charge in [0.25, 0.3) is 5.91 Å². The maximum Gasteiger partial charge on any atom is 0.259 e. The maximum atomic E-state index is 13.0. The summed E-state index contributed by atoms with van der Waals surface area (Å²) in [6, 6.07) is 5.72. The fraction of sp³-hybridized carbons (Fsp3) is 0.154. The molecule has 0 radical (unpaired) electrons. The van der Waals surface area contributed by atoms with E-state index < -0.39 is 5.82 Å². The predicted molar refractivity (Wildman–Crippen MR) is 65.9 cm³/mol. The van der Waals surface area contributed by atoms with E-state index in [0.29, 0.717) is 22.8 Å². The second kappa shape index (κ2) is 4.91. The van der Waals surface area contributed by atoms with Gasteiger partial charge in [0.1, 0.15) is 11.6 Å². The van der Waals surface area contributed by atoms with Crippen LogP contribution in [0.1, 0.15) is 21.9 Å². The Hall–Kier alpha value is -2.30. The smallest absolute Gasteiger partial charge is 0.259 e. The van der Waals surface area contributed by atoms with Gasteiger partial charge in [-0.25, -0.2) is 14.4 Å². The number of aryl methyl sites for hydroxylation is 2. The van der Waals surface area contributed by atoms with Crippen molar-refractivity contribution in [2.45, 2.75) is 13.8 Å². The number of nitrogens with zero attached hydrogens (tertiary/aromatic N) is 2. The number of halogens is 1. The summed E-state index contributed by atoms with van der Waals surface area (Å²) in [5.74, 6) is -0.141. The van der Waals surface area contributed by atoms with Crippen molar-refractivity contribution in [3.63, 3.8) is 0 Å². The third-order valence-corrected chi connectivity index (χ3v) is 2.43. The molecule has 4 nitrogen and oxygen atoms in total. The van der Waals surface area contributed by atoms with Crippen LogP contribution in [0.2, 0.25) is 0 Å². The molecule has 0 spiro atoms. The van der Waals surface area contributed by atoms with E-state index in [1.807, 2.05) is 0 Å². The van der Waals surface area contributed by atoms with Crippen molar-refractivity contribution in [2.24, 2.45) is 0 Å². The summed E-state index contributed by atoms with van der Waals surface area (Å²) in [5, 5.41) is 2.60. The molecule has 1 aromatic heterocycles. The van der Waals surface area contributed by atoms with Gasteiger partial charge >= 0.3 is 0 Å². The normalized spacial score (nSPS) is 10.2. The van der Waals surface area contributed by atoms with Crippen LogP contribution in [0, 0.1) is 19.7 Å². The van der Waals surface area contributed by atoms with Crippen molar-refractivity contribution in [3.8, 4) is 0 Å². The minimum absolute atomic E-state index is 0.349. The van der Waals surface area contributed by atoms with Crippen LogP contribution in [0.5, 0.6) is 0 Å². The Bertz CT molecular complexity index is 599. The van der Waals surface area contributed by atoms with Gasteiger partial charge in [-0.15, -0.1) is 0 Å². The first-order valence-corrected chi connectivity index (χ1v) is 5.43. The van der Waals surface area contributed by atoms with Crippen molar-refractivity contribution in [3.05, 3.63) is 53.4 Å². The minimum Gasteiger partial charge on any atom is -0.322 e. The summed E-state index contributed by atoms with van der Waals surface area (Å²) in [6.45, 7) is 3.48. The molecule has 0 fully saturated rings. The first-order valence-electron chi connectivity index (χ1n) is 5.43. The zero-order valence-electron chi connectivity index (χ0n) is 10.1. The van der Waals surface area contributed by atoms with E-state index in [4.69, 9.17) is 0 Å². The number of carbonyl (C=O) groups excluding carboxylic acids is 1. The number of carbonyl (C=O) groups is 1. The number of anilines is 1. The molecule has 0 unspecified atom stereocenters. The average molecular weight is 245 g/mol. The van der Waals surface area contributed by atoms with Crippen LogP contribution in [-0.2, 0) is 0 Å². The van der Waals surface area contributed by atoms with E-state index in [2.05, 4.69) is 15.3 Å². The summed E-state index contributed by atoms with van der Waals surface area (Å²) in [5.41, 5.74) is 1.38. The summed E-state index contributed by atoms with van der Waals surface area (Å²) < 4.78 is 13.0. The summed E-state index contributed by atoms with van der Waals surface area (Å²) in [4.78, 5) is 20.0. The van der Waals surface area contributed by atoms with Gasteiger partial charge < -0.3 is 5.32 Å². The molecule has 1 amide bonds. The number of benzene rings is 1. The molecule has 18 heavy (non-hydrogen) atoms. The first kappa shape index (κ1) is 12.2. The standard InChI is InChI=1S/C13H12FN3O/c1-8-12(7-15-9(2)16-8)13(18)17-11-5-3-4-10(14)6-11/h3-7H,1-2H3,(H,17,18). The molecule has 0 aliphatic carbocycles. The van der Waals surface area contributed by atoms with Crippen LogP contribution in [0.25, 0.3) is 0 Å². The van der Waals surface area contributed by atoms with Crippen LogP contribution in [0.3, 0.4) is 0 Å². The Kier molecular flexibility index (Phi) is 3.32. The third kappa shape index (κ3) is 2.68. The Morgan fingerprint density at radius 1 is 1.33 bits per heavy atom. The second-order valence-electron chi connectivity index (χ2n) is 3.88. The van der Waals surface area contributed by atoms with Gasteiger partial charge in [-0.2, -0.15) is 0 Å². The summed E-state index contributed by atoms with van der Waals surface area (Å²) >= 11 is 0. The lowest BCUT2D eigenvalue weighted by Gasteiger charge is -2.07. The zero-order valence-corrected chi connectivity index (χ0v) is 10.1. The molecule has 0 bridgehead atoms. The van der Waals surface area contributed by atoms with E-state index in [1.54, 1.807) is 19.9 Å². The van der Waals surface area contributed by atoms with E-state index in [0.717, 1.165) is 0 Å². The van der Waals surface area contributed by atoms with Crippen molar-refractivity contribution in [2.75, 3.05) is 5.32 Å². The molecule has 5 heteroatoms. The molecule has 1 aromatic carbocycles. The molecule has 0 saturated carbocycles. The number of hydrogen-bond acceptors (Lipinski definition) is 3. The van der Waals surface area contributed by atoms with Gasteiger partial charge in [0.2, 0.25) is 0 Å². The molecule has 2 aromatic rings.